The highest BCUT2D eigenvalue weighted by Crippen LogP contribution is 2.20. The summed E-state index contributed by atoms with van der Waals surface area (Å²) in [5.74, 6) is 1.42. The maximum Gasteiger partial charge on any atom is 0.236 e. The van der Waals surface area contributed by atoms with Gasteiger partial charge in [-0.25, -0.2) is 0 Å². The van der Waals surface area contributed by atoms with Crippen molar-refractivity contribution in [2.24, 2.45) is 0 Å². The lowest BCUT2D eigenvalue weighted by atomic mass is 10.3. The number of nitrogens with one attached hydrogen (secondary N) is 1. The second-order valence-electron chi connectivity index (χ2n) is 4.97. The van der Waals surface area contributed by atoms with Gasteiger partial charge in [0, 0.05) is 11.6 Å². The maximum absolute atomic E-state index is 11.9. The van der Waals surface area contributed by atoms with Crippen molar-refractivity contribution >= 4 is 45.7 Å². The normalized spacial score (nSPS) is 10.7. The first-order valence-electron chi connectivity index (χ1n) is 7.65. The highest BCUT2D eigenvalue weighted by molar-refractivity contribution is 7.99. The van der Waals surface area contributed by atoms with Crippen molar-refractivity contribution in [2.45, 2.75) is 25.2 Å². The molecule has 0 radical (unpaired) electrons. The Morgan fingerprint density at radius 1 is 1.31 bits per heavy atom. The van der Waals surface area contributed by atoms with Crippen LogP contribution in [-0.2, 0) is 17.9 Å². The second-order valence-corrected chi connectivity index (χ2v) is 7.18. The third-order valence-electron chi connectivity index (χ3n) is 3.23. The van der Waals surface area contributed by atoms with E-state index in [-0.39, 0.29) is 18.3 Å². The molecule has 0 spiro atoms. The van der Waals surface area contributed by atoms with E-state index in [0.29, 0.717) is 33.4 Å². The van der Waals surface area contributed by atoms with Crippen LogP contribution in [-0.4, -0.2) is 36.6 Å². The van der Waals surface area contributed by atoms with Crippen LogP contribution in [0.2, 0.25) is 5.02 Å². The van der Waals surface area contributed by atoms with Crippen LogP contribution in [0.25, 0.3) is 0 Å². The van der Waals surface area contributed by atoms with Crippen molar-refractivity contribution in [1.82, 2.24) is 25.0 Å². The molecule has 0 bridgehead atoms. The minimum absolute atomic E-state index is 0.170. The Labute approximate surface area is 162 Å². The van der Waals surface area contributed by atoms with E-state index >= 15 is 0 Å². The first-order chi connectivity index (χ1) is 12.7. The lowest BCUT2D eigenvalue weighted by Gasteiger charge is -2.08. The summed E-state index contributed by atoms with van der Waals surface area (Å²) in [4.78, 5) is 11.9. The number of anilines is 1. The van der Waals surface area contributed by atoms with Crippen molar-refractivity contribution in [3.63, 3.8) is 0 Å². The van der Waals surface area contributed by atoms with E-state index in [0.717, 1.165) is 0 Å². The van der Waals surface area contributed by atoms with Gasteiger partial charge < -0.3 is 9.30 Å². The number of amides is 1. The highest BCUT2D eigenvalue weighted by Gasteiger charge is 2.14. The number of carbonyl (C=O) groups excluding carboxylic acids is 1. The van der Waals surface area contributed by atoms with Gasteiger partial charge >= 0.3 is 0 Å². The molecule has 1 aromatic carbocycles. The predicted molar refractivity (Wildman–Crippen MR) is 101 cm³/mol. The minimum atomic E-state index is -0.170. The van der Waals surface area contributed by atoms with Gasteiger partial charge in [-0.2, -0.15) is 0 Å². The SMILES string of the molecule is CCn1c(COc2ccc(Cl)cc2)nnc1SCC(=O)Nc1nncs1. The standard InChI is InChI=1S/C15H15ClN6O2S2/c1-2-22-12(7-24-11-5-3-10(16)4-6-11)19-21-15(22)25-8-13(23)18-14-20-17-9-26-14/h3-6,9H,2,7-8H2,1H3,(H,18,20,23). The lowest BCUT2D eigenvalue weighted by Crippen LogP contribution is -2.14. The van der Waals surface area contributed by atoms with Gasteiger partial charge in [-0.3, -0.25) is 10.1 Å². The number of benzene rings is 1. The van der Waals surface area contributed by atoms with Gasteiger partial charge in [-0.15, -0.1) is 20.4 Å². The summed E-state index contributed by atoms with van der Waals surface area (Å²) < 4.78 is 7.63. The molecule has 136 valence electrons. The molecular weight excluding hydrogens is 396 g/mol. The molecule has 0 aliphatic rings. The van der Waals surface area contributed by atoms with E-state index in [1.165, 1.54) is 23.1 Å². The van der Waals surface area contributed by atoms with Crippen LogP contribution in [0.4, 0.5) is 5.13 Å². The van der Waals surface area contributed by atoms with Gasteiger partial charge in [0.15, 0.2) is 11.0 Å². The van der Waals surface area contributed by atoms with Gasteiger partial charge in [-0.1, -0.05) is 34.7 Å². The van der Waals surface area contributed by atoms with Crippen molar-refractivity contribution in [2.75, 3.05) is 11.1 Å². The quantitative estimate of drug-likeness (QED) is 0.570. The molecule has 0 unspecified atom stereocenters. The fraction of sp³-hybridized carbons (Fsp3) is 0.267. The van der Waals surface area contributed by atoms with Crippen LogP contribution in [0.1, 0.15) is 12.7 Å². The molecule has 11 heteroatoms. The van der Waals surface area contributed by atoms with Crippen LogP contribution >= 0.6 is 34.7 Å². The van der Waals surface area contributed by atoms with Gasteiger partial charge in [0.25, 0.3) is 0 Å². The van der Waals surface area contributed by atoms with Crippen molar-refractivity contribution in [3.8, 4) is 5.75 Å². The molecule has 0 saturated carbocycles. The van der Waals surface area contributed by atoms with E-state index in [1.807, 2.05) is 11.5 Å². The summed E-state index contributed by atoms with van der Waals surface area (Å²) in [5, 5.41) is 20.2. The number of thioether (sulfide) groups is 1. The molecule has 0 atom stereocenters. The lowest BCUT2D eigenvalue weighted by molar-refractivity contribution is -0.113. The van der Waals surface area contributed by atoms with Crippen LogP contribution in [0, 0.1) is 0 Å². The number of hydrogen-bond donors (Lipinski definition) is 1. The number of nitrogens with zero attached hydrogens (tertiary/aromatic N) is 5. The predicted octanol–water partition coefficient (Wildman–Crippen LogP) is 3.11. The summed E-state index contributed by atoms with van der Waals surface area (Å²) in [7, 11) is 0. The molecule has 3 rings (SSSR count). The number of rotatable bonds is 8. The molecular formula is C15H15ClN6O2S2. The molecule has 0 aliphatic carbocycles. The summed E-state index contributed by atoms with van der Waals surface area (Å²) >= 11 is 8.44. The molecule has 8 nitrogen and oxygen atoms in total. The fourth-order valence-electron chi connectivity index (χ4n) is 2.04. The summed E-state index contributed by atoms with van der Waals surface area (Å²) in [6.07, 6.45) is 0. The van der Waals surface area contributed by atoms with E-state index in [4.69, 9.17) is 16.3 Å². The molecule has 3 aromatic rings. The van der Waals surface area contributed by atoms with Crippen LogP contribution in [0.5, 0.6) is 5.75 Å². The third-order valence-corrected chi connectivity index (χ3v) is 5.06. The van der Waals surface area contributed by atoms with Crippen molar-refractivity contribution in [3.05, 3.63) is 40.6 Å². The summed E-state index contributed by atoms with van der Waals surface area (Å²) in [6, 6.07) is 7.11. The van der Waals surface area contributed by atoms with Gasteiger partial charge in [0.1, 0.15) is 17.9 Å². The summed E-state index contributed by atoms with van der Waals surface area (Å²) in [6.45, 7) is 2.94. The zero-order valence-corrected chi connectivity index (χ0v) is 16.1. The van der Waals surface area contributed by atoms with Gasteiger partial charge in [0.05, 0.1) is 5.75 Å². The molecule has 2 aromatic heterocycles. The van der Waals surface area contributed by atoms with Gasteiger partial charge in [-0.05, 0) is 31.2 Å². The van der Waals surface area contributed by atoms with Crippen molar-refractivity contribution < 1.29 is 9.53 Å². The number of hydrogen-bond acceptors (Lipinski definition) is 8. The van der Waals surface area contributed by atoms with E-state index < -0.39 is 0 Å². The number of carbonyl (C=O) groups is 1. The average Bonchev–Trinajstić information content (AvgIpc) is 3.28. The smallest absolute Gasteiger partial charge is 0.236 e. The van der Waals surface area contributed by atoms with Crippen LogP contribution < -0.4 is 10.1 Å². The molecule has 0 saturated heterocycles. The van der Waals surface area contributed by atoms with E-state index in [2.05, 4.69) is 25.7 Å². The molecule has 1 N–H and O–H groups in total. The molecule has 0 aliphatic heterocycles. The maximum atomic E-state index is 11.9. The Morgan fingerprint density at radius 2 is 2.12 bits per heavy atom. The minimum Gasteiger partial charge on any atom is -0.486 e. The Morgan fingerprint density at radius 3 is 2.81 bits per heavy atom. The molecule has 26 heavy (non-hydrogen) atoms. The Bertz CT molecular complexity index is 854. The first kappa shape index (κ1) is 18.6. The van der Waals surface area contributed by atoms with Crippen molar-refractivity contribution in [1.29, 1.82) is 0 Å². The fourth-order valence-corrected chi connectivity index (χ4v) is 3.45. The van der Waals surface area contributed by atoms with E-state index in [9.17, 15) is 4.79 Å². The number of aromatic nitrogens is 5. The third kappa shape index (κ3) is 4.93. The molecule has 0 fully saturated rings. The number of ether oxygens (including phenoxy) is 1. The monoisotopic (exact) mass is 410 g/mol. The number of halogens is 1. The first-order valence-corrected chi connectivity index (χ1v) is 9.89. The second kappa shape index (κ2) is 8.97. The zero-order chi connectivity index (χ0) is 18.4. The topological polar surface area (TPSA) is 94.8 Å². The Balaban J connectivity index is 1.56. The molecule has 2 heterocycles. The Kier molecular flexibility index (Phi) is 6.42. The van der Waals surface area contributed by atoms with Crippen LogP contribution in [0.15, 0.2) is 34.9 Å². The van der Waals surface area contributed by atoms with Gasteiger partial charge in [0.2, 0.25) is 11.0 Å². The van der Waals surface area contributed by atoms with Crippen LogP contribution in [0.3, 0.4) is 0 Å². The highest BCUT2D eigenvalue weighted by atomic mass is 35.5. The summed E-state index contributed by atoms with van der Waals surface area (Å²) in [5.41, 5.74) is 1.56. The average molecular weight is 411 g/mol. The molecule has 1 amide bonds. The zero-order valence-electron chi connectivity index (χ0n) is 13.8. The Hall–Kier alpha value is -2.17. The largest absolute Gasteiger partial charge is 0.486 e. The van der Waals surface area contributed by atoms with E-state index in [1.54, 1.807) is 29.8 Å².